The Hall–Kier alpha value is -1.39. The van der Waals surface area contributed by atoms with Gasteiger partial charge in [-0.15, -0.1) is 0 Å². The van der Waals surface area contributed by atoms with Gasteiger partial charge in [0.15, 0.2) is 5.78 Å². The molecule has 0 spiro atoms. The van der Waals surface area contributed by atoms with Gasteiger partial charge in [0.1, 0.15) is 5.92 Å². The van der Waals surface area contributed by atoms with E-state index in [1.165, 1.54) is 0 Å². The number of rotatable bonds is 3. The van der Waals surface area contributed by atoms with E-state index in [2.05, 4.69) is 0 Å². The van der Waals surface area contributed by atoms with Crippen LogP contribution in [0, 0.1) is 17.3 Å². The van der Waals surface area contributed by atoms with E-state index in [0.29, 0.717) is 0 Å². The Morgan fingerprint density at radius 2 is 1.86 bits per heavy atom. The molecule has 1 rings (SSSR count). The van der Waals surface area contributed by atoms with Crippen LogP contribution in [0.4, 0.5) is 0 Å². The summed E-state index contributed by atoms with van der Waals surface area (Å²) in [6, 6.07) is 0. The third-order valence-corrected chi connectivity index (χ3v) is 2.90. The van der Waals surface area contributed by atoms with Gasteiger partial charge in [-0.3, -0.25) is 14.4 Å². The highest BCUT2D eigenvalue weighted by Crippen LogP contribution is 2.49. The van der Waals surface area contributed by atoms with E-state index in [1.807, 2.05) is 0 Å². The summed E-state index contributed by atoms with van der Waals surface area (Å²) in [5.74, 6) is -4.42. The van der Waals surface area contributed by atoms with E-state index in [9.17, 15) is 14.4 Å². The number of aliphatic carboxylic acids is 2. The number of carboxylic acids is 2. The maximum atomic E-state index is 11.3. The molecular formula is C9H12O5. The average Bonchev–Trinajstić information content (AvgIpc) is 1.98. The third kappa shape index (κ3) is 1.38. The lowest BCUT2D eigenvalue weighted by Gasteiger charge is -2.47. The molecule has 0 heterocycles. The van der Waals surface area contributed by atoms with Crippen molar-refractivity contribution < 1.29 is 24.6 Å². The summed E-state index contributed by atoms with van der Waals surface area (Å²) in [4.78, 5) is 32.4. The summed E-state index contributed by atoms with van der Waals surface area (Å²) in [7, 11) is 0. The summed E-state index contributed by atoms with van der Waals surface area (Å²) in [6.07, 6.45) is -0.282. The van der Waals surface area contributed by atoms with Crippen molar-refractivity contribution in [3.8, 4) is 0 Å². The molecule has 0 aromatic carbocycles. The number of Topliss-reactive ketones (excluding diaryl/α,β-unsaturated/α-hetero) is 1. The van der Waals surface area contributed by atoms with Crippen molar-refractivity contribution in [2.24, 2.45) is 17.3 Å². The van der Waals surface area contributed by atoms with E-state index in [1.54, 1.807) is 13.8 Å². The summed E-state index contributed by atoms with van der Waals surface area (Å²) < 4.78 is 0. The first-order valence-electron chi connectivity index (χ1n) is 4.26. The van der Waals surface area contributed by atoms with Crippen molar-refractivity contribution in [1.29, 1.82) is 0 Å². The SMILES string of the molecule is CC1(C)[C@H](C(=O)O)C(=O)[C@H]1CC(=O)O. The summed E-state index contributed by atoms with van der Waals surface area (Å²) in [6.45, 7) is 3.22. The van der Waals surface area contributed by atoms with E-state index in [-0.39, 0.29) is 6.42 Å². The molecular weight excluding hydrogens is 188 g/mol. The molecule has 1 saturated carbocycles. The number of hydrogen-bond acceptors (Lipinski definition) is 3. The van der Waals surface area contributed by atoms with E-state index in [0.717, 1.165) is 0 Å². The average molecular weight is 200 g/mol. The quantitative estimate of drug-likeness (QED) is 0.643. The Bertz CT molecular complexity index is 304. The van der Waals surface area contributed by atoms with Crippen molar-refractivity contribution in [2.75, 3.05) is 0 Å². The normalized spacial score (nSPS) is 29.4. The van der Waals surface area contributed by atoms with Gasteiger partial charge in [0.25, 0.3) is 0 Å². The maximum Gasteiger partial charge on any atom is 0.314 e. The standard InChI is InChI=1S/C9H12O5/c1-9(2)4(3-5(10)11)7(12)6(9)8(13)14/h4,6H,3H2,1-2H3,(H,10,11)(H,13,14)/t4-,6+/m1/s1. The Kier molecular flexibility index (Phi) is 2.35. The van der Waals surface area contributed by atoms with Crippen LogP contribution in [0.2, 0.25) is 0 Å². The van der Waals surface area contributed by atoms with E-state index >= 15 is 0 Å². The fourth-order valence-corrected chi connectivity index (χ4v) is 2.02. The fourth-order valence-electron chi connectivity index (χ4n) is 2.02. The molecule has 0 aromatic rings. The van der Waals surface area contributed by atoms with Gasteiger partial charge in [-0.05, 0) is 5.41 Å². The lowest BCUT2D eigenvalue weighted by molar-refractivity contribution is -0.172. The van der Waals surface area contributed by atoms with Gasteiger partial charge in [-0.25, -0.2) is 0 Å². The van der Waals surface area contributed by atoms with Gasteiger partial charge in [-0.2, -0.15) is 0 Å². The summed E-state index contributed by atoms with van der Waals surface area (Å²) in [5, 5.41) is 17.2. The second kappa shape index (κ2) is 3.08. The van der Waals surface area contributed by atoms with Gasteiger partial charge in [0, 0.05) is 5.92 Å². The van der Waals surface area contributed by atoms with Crippen molar-refractivity contribution in [1.82, 2.24) is 0 Å². The molecule has 5 heteroatoms. The van der Waals surface area contributed by atoms with Crippen LogP contribution in [0.5, 0.6) is 0 Å². The number of carboxylic acid groups (broad SMARTS) is 2. The summed E-state index contributed by atoms with van der Waals surface area (Å²) in [5.41, 5.74) is -0.749. The van der Waals surface area contributed by atoms with Gasteiger partial charge < -0.3 is 10.2 Å². The molecule has 1 aliphatic carbocycles. The number of carbonyl (C=O) groups is 3. The zero-order valence-electron chi connectivity index (χ0n) is 7.98. The van der Waals surface area contributed by atoms with Gasteiger partial charge >= 0.3 is 11.9 Å². The molecule has 14 heavy (non-hydrogen) atoms. The van der Waals surface area contributed by atoms with Crippen LogP contribution in [0.15, 0.2) is 0 Å². The molecule has 1 fully saturated rings. The van der Waals surface area contributed by atoms with Crippen LogP contribution >= 0.6 is 0 Å². The second-order valence-electron chi connectivity index (χ2n) is 4.15. The highest BCUT2D eigenvalue weighted by Gasteiger charge is 2.59. The molecule has 78 valence electrons. The number of hydrogen-bond donors (Lipinski definition) is 2. The van der Waals surface area contributed by atoms with E-state index in [4.69, 9.17) is 10.2 Å². The minimum atomic E-state index is -1.17. The smallest absolute Gasteiger partial charge is 0.314 e. The Morgan fingerprint density at radius 1 is 1.36 bits per heavy atom. The van der Waals surface area contributed by atoms with Crippen LogP contribution in [0.25, 0.3) is 0 Å². The van der Waals surface area contributed by atoms with E-state index < -0.39 is 35.0 Å². The predicted octanol–water partition coefficient (Wildman–Crippen LogP) is 0.387. The lowest BCUT2D eigenvalue weighted by atomic mass is 9.53. The van der Waals surface area contributed by atoms with Crippen LogP contribution in [0.1, 0.15) is 20.3 Å². The van der Waals surface area contributed by atoms with Crippen molar-refractivity contribution in [3.05, 3.63) is 0 Å². The van der Waals surface area contributed by atoms with Crippen LogP contribution in [-0.2, 0) is 14.4 Å². The summed E-state index contributed by atoms with van der Waals surface area (Å²) >= 11 is 0. The van der Waals surface area contributed by atoms with Gasteiger partial charge in [0.05, 0.1) is 6.42 Å². The highest BCUT2D eigenvalue weighted by atomic mass is 16.4. The van der Waals surface area contributed by atoms with Crippen LogP contribution < -0.4 is 0 Å². The Balaban J connectivity index is 2.81. The molecule has 0 aliphatic heterocycles. The molecule has 0 saturated heterocycles. The van der Waals surface area contributed by atoms with Crippen LogP contribution in [-0.4, -0.2) is 27.9 Å². The first-order valence-corrected chi connectivity index (χ1v) is 4.26. The molecule has 0 unspecified atom stereocenters. The molecule has 2 N–H and O–H groups in total. The zero-order valence-corrected chi connectivity index (χ0v) is 7.98. The maximum absolute atomic E-state index is 11.3. The fraction of sp³-hybridized carbons (Fsp3) is 0.667. The number of ketones is 1. The Morgan fingerprint density at radius 3 is 2.14 bits per heavy atom. The van der Waals surface area contributed by atoms with Crippen molar-refractivity contribution in [2.45, 2.75) is 20.3 Å². The van der Waals surface area contributed by atoms with Crippen molar-refractivity contribution >= 4 is 17.7 Å². The molecule has 0 bridgehead atoms. The molecule has 0 amide bonds. The van der Waals surface area contributed by atoms with Gasteiger partial charge in [-0.1, -0.05) is 13.8 Å². The van der Waals surface area contributed by atoms with Crippen LogP contribution in [0.3, 0.4) is 0 Å². The highest BCUT2D eigenvalue weighted by molar-refractivity contribution is 6.07. The molecule has 5 nitrogen and oxygen atoms in total. The first kappa shape index (κ1) is 10.7. The predicted molar refractivity (Wildman–Crippen MR) is 45.7 cm³/mol. The Labute approximate surface area is 80.7 Å². The lowest BCUT2D eigenvalue weighted by Crippen LogP contribution is -2.58. The third-order valence-electron chi connectivity index (χ3n) is 2.90. The minimum absolute atomic E-state index is 0.282. The molecule has 0 aromatic heterocycles. The zero-order chi connectivity index (χ0) is 11.1. The molecule has 1 aliphatic rings. The molecule has 0 radical (unpaired) electrons. The topological polar surface area (TPSA) is 91.7 Å². The largest absolute Gasteiger partial charge is 0.481 e. The number of carbonyl (C=O) groups excluding carboxylic acids is 1. The monoisotopic (exact) mass is 200 g/mol. The van der Waals surface area contributed by atoms with Crippen molar-refractivity contribution in [3.63, 3.8) is 0 Å². The molecule has 2 atom stereocenters. The first-order chi connectivity index (χ1) is 6.28. The minimum Gasteiger partial charge on any atom is -0.481 e. The van der Waals surface area contributed by atoms with Gasteiger partial charge in [0.2, 0.25) is 0 Å². The second-order valence-corrected chi connectivity index (χ2v) is 4.15.